The van der Waals surface area contributed by atoms with Crippen molar-refractivity contribution in [2.24, 2.45) is 0 Å². The first kappa shape index (κ1) is 12.4. The van der Waals surface area contributed by atoms with Gasteiger partial charge in [-0.2, -0.15) is 0 Å². The molecule has 1 N–H and O–H groups in total. The number of benzene rings is 1. The third-order valence-corrected chi connectivity index (χ3v) is 3.56. The Labute approximate surface area is 114 Å². The summed E-state index contributed by atoms with van der Waals surface area (Å²) in [5, 5.41) is 3.37. The Morgan fingerprint density at radius 3 is 2.63 bits per heavy atom. The quantitative estimate of drug-likeness (QED) is 0.905. The predicted molar refractivity (Wildman–Crippen MR) is 76.4 cm³/mol. The second kappa shape index (κ2) is 5.55. The number of aromatic nitrogens is 2. The molecule has 0 spiro atoms. The molecule has 100 valence electrons. The Morgan fingerprint density at radius 1 is 1.16 bits per heavy atom. The average Bonchev–Trinajstić information content (AvgIpc) is 2.89. The summed E-state index contributed by atoms with van der Waals surface area (Å²) in [6.07, 6.45) is 4.04. The predicted octanol–water partition coefficient (Wildman–Crippen LogP) is 1.59. The highest BCUT2D eigenvalue weighted by Gasteiger charge is 2.11. The van der Waals surface area contributed by atoms with Gasteiger partial charge in [0.05, 0.1) is 12.0 Å². The largest absolute Gasteiger partial charge is 0.314 e. The zero-order valence-electron chi connectivity index (χ0n) is 11.3. The van der Waals surface area contributed by atoms with E-state index in [9.17, 15) is 0 Å². The minimum absolute atomic E-state index is 0.945. The molecular formula is C15H20N4. The van der Waals surface area contributed by atoms with Gasteiger partial charge in [0, 0.05) is 44.6 Å². The molecule has 0 amide bonds. The van der Waals surface area contributed by atoms with Crippen LogP contribution in [-0.4, -0.2) is 40.6 Å². The van der Waals surface area contributed by atoms with Crippen molar-refractivity contribution in [3.05, 3.63) is 48.0 Å². The number of imidazole rings is 1. The Kier molecular flexibility index (Phi) is 3.62. The minimum atomic E-state index is 0.945. The lowest BCUT2D eigenvalue weighted by Gasteiger charge is -2.26. The Balaban J connectivity index is 1.70. The lowest BCUT2D eigenvalue weighted by molar-refractivity contribution is 0.231. The molecular weight excluding hydrogens is 236 g/mol. The van der Waals surface area contributed by atoms with Crippen molar-refractivity contribution >= 4 is 0 Å². The molecule has 0 unspecified atom stereocenters. The molecule has 1 aliphatic rings. The van der Waals surface area contributed by atoms with Crippen LogP contribution in [0.1, 0.15) is 11.3 Å². The molecule has 2 aromatic rings. The Morgan fingerprint density at radius 2 is 1.89 bits per heavy atom. The third kappa shape index (κ3) is 3.03. The van der Waals surface area contributed by atoms with Crippen LogP contribution in [0.5, 0.6) is 0 Å². The molecule has 1 aromatic heterocycles. The van der Waals surface area contributed by atoms with Gasteiger partial charge in [-0.05, 0) is 19.1 Å². The van der Waals surface area contributed by atoms with Gasteiger partial charge in [0.25, 0.3) is 0 Å². The topological polar surface area (TPSA) is 33.1 Å². The summed E-state index contributed by atoms with van der Waals surface area (Å²) in [5.74, 6) is 0. The summed E-state index contributed by atoms with van der Waals surface area (Å²) in [5.41, 5.74) is 3.59. The molecule has 1 saturated heterocycles. The second-order valence-electron chi connectivity index (χ2n) is 5.13. The lowest BCUT2D eigenvalue weighted by atomic mass is 10.2. The van der Waals surface area contributed by atoms with E-state index in [4.69, 9.17) is 0 Å². The fourth-order valence-corrected chi connectivity index (χ4v) is 2.40. The standard InChI is InChI=1S/C15H20N4/c1-13-2-4-15(5-3-13)19-11-14(17-12-19)10-18-8-6-16-7-9-18/h2-5,11-12,16H,6-10H2,1H3. The van der Waals surface area contributed by atoms with E-state index in [1.54, 1.807) is 0 Å². The van der Waals surface area contributed by atoms with Crippen molar-refractivity contribution in [3.8, 4) is 5.69 Å². The summed E-state index contributed by atoms with van der Waals surface area (Å²) >= 11 is 0. The lowest BCUT2D eigenvalue weighted by Crippen LogP contribution is -2.42. The van der Waals surface area contributed by atoms with Gasteiger partial charge in [0.15, 0.2) is 0 Å². The molecule has 4 heteroatoms. The molecule has 0 radical (unpaired) electrons. The summed E-state index contributed by atoms with van der Waals surface area (Å²) in [6.45, 7) is 7.43. The first-order chi connectivity index (χ1) is 9.31. The van der Waals surface area contributed by atoms with Crippen molar-refractivity contribution in [1.29, 1.82) is 0 Å². The second-order valence-corrected chi connectivity index (χ2v) is 5.13. The van der Waals surface area contributed by atoms with E-state index in [2.05, 4.69) is 57.2 Å². The zero-order chi connectivity index (χ0) is 13.1. The summed E-state index contributed by atoms with van der Waals surface area (Å²) in [4.78, 5) is 6.95. The van der Waals surface area contributed by atoms with Gasteiger partial charge < -0.3 is 9.88 Å². The maximum atomic E-state index is 4.51. The maximum Gasteiger partial charge on any atom is 0.0995 e. The molecule has 0 atom stereocenters. The van der Waals surface area contributed by atoms with Crippen molar-refractivity contribution in [3.63, 3.8) is 0 Å². The van der Waals surface area contributed by atoms with Crippen LogP contribution in [0.25, 0.3) is 5.69 Å². The number of nitrogens with zero attached hydrogens (tertiary/aromatic N) is 3. The molecule has 1 fully saturated rings. The van der Waals surface area contributed by atoms with Crippen molar-refractivity contribution in [1.82, 2.24) is 19.8 Å². The molecule has 1 aromatic carbocycles. The van der Waals surface area contributed by atoms with Crippen LogP contribution >= 0.6 is 0 Å². The fourth-order valence-electron chi connectivity index (χ4n) is 2.40. The number of hydrogen-bond acceptors (Lipinski definition) is 3. The highest BCUT2D eigenvalue weighted by Crippen LogP contribution is 2.11. The molecule has 19 heavy (non-hydrogen) atoms. The van der Waals surface area contributed by atoms with Crippen LogP contribution in [0.2, 0.25) is 0 Å². The number of hydrogen-bond donors (Lipinski definition) is 1. The van der Waals surface area contributed by atoms with Crippen molar-refractivity contribution in [2.45, 2.75) is 13.5 Å². The molecule has 2 heterocycles. The minimum Gasteiger partial charge on any atom is -0.314 e. The van der Waals surface area contributed by atoms with Crippen molar-refractivity contribution in [2.75, 3.05) is 26.2 Å². The van der Waals surface area contributed by atoms with Crippen LogP contribution in [0.15, 0.2) is 36.8 Å². The van der Waals surface area contributed by atoms with Crippen LogP contribution in [-0.2, 0) is 6.54 Å². The van der Waals surface area contributed by atoms with Crippen LogP contribution in [0.4, 0.5) is 0 Å². The number of nitrogens with one attached hydrogen (secondary N) is 1. The monoisotopic (exact) mass is 256 g/mol. The van der Waals surface area contributed by atoms with Crippen LogP contribution < -0.4 is 5.32 Å². The molecule has 1 aliphatic heterocycles. The molecule has 0 bridgehead atoms. The summed E-state index contributed by atoms with van der Waals surface area (Å²) in [6, 6.07) is 8.52. The van der Waals surface area contributed by atoms with E-state index in [1.165, 1.54) is 11.3 Å². The van der Waals surface area contributed by atoms with E-state index >= 15 is 0 Å². The van der Waals surface area contributed by atoms with Gasteiger partial charge >= 0.3 is 0 Å². The van der Waals surface area contributed by atoms with Gasteiger partial charge in [-0.25, -0.2) is 4.98 Å². The maximum absolute atomic E-state index is 4.51. The normalized spacial score (nSPS) is 16.7. The van der Waals surface area contributed by atoms with Gasteiger partial charge in [-0.3, -0.25) is 4.90 Å². The highest BCUT2D eigenvalue weighted by molar-refractivity contribution is 5.34. The third-order valence-electron chi connectivity index (χ3n) is 3.56. The number of piperazine rings is 1. The van der Waals surface area contributed by atoms with E-state index in [0.29, 0.717) is 0 Å². The molecule has 0 saturated carbocycles. The van der Waals surface area contributed by atoms with Gasteiger partial charge in [-0.1, -0.05) is 17.7 Å². The summed E-state index contributed by atoms with van der Waals surface area (Å²) < 4.78 is 2.09. The number of rotatable bonds is 3. The van der Waals surface area contributed by atoms with Gasteiger partial charge in [-0.15, -0.1) is 0 Å². The fraction of sp³-hybridized carbons (Fsp3) is 0.400. The van der Waals surface area contributed by atoms with E-state index in [-0.39, 0.29) is 0 Å². The van der Waals surface area contributed by atoms with E-state index < -0.39 is 0 Å². The molecule has 0 aliphatic carbocycles. The molecule has 3 rings (SSSR count). The number of aryl methyl sites for hydroxylation is 1. The molecule has 4 nitrogen and oxygen atoms in total. The van der Waals surface area contributed by atoms with Crippen LogP contribution in [0.3, 0.4) is 0 Å². The summed E-state index contributed by atoms with van der Waals surface area (Å²) in [7, 11) is 0. The highest BCUT2D eigenvalue weighted by atomic mass is 15.2. The first-order valence-corrected chi connectivity index (χ1v) is 6.84. The average molecular weight is 256 g/mol. The van der Waals surface area contributed by atoms with E-state index in [1.807, 2.05) is 6.33 Å². The van der Waals surface area contributed by atoms with Gasteiger partial charge in [0.2, 0.25) is 0 Å². The van der Waals surface area contributed by atoms with E-state index in [0.717, 1.165) is 38.4 Å². The Bertz CT molecular complexity index is 523. The van der Waals surface area contributed by atoms with Crippen molar-refractivity contribution < 1.29 is 0 Å². The SMILES string of the molecule is Cc1ccc(-n2cnc(CN3CCNCC3)c2)cc1. The Hall–Kier alpha value is -1.65. The zero-order valence-corrected chi connectivity index (χ0v) is 11.3. The first-order valence-electron chi connectivity index (χ1n) is 6.84. The smallest absolute Gasteiger partial charge is 0.0995 e. The van der Waals surface area contributed by atoms with Crippen LogP contribution in [0, 0.1) is 6.92 Å². The van der Waals surface area contributed by atoms with Gasteiger partial charge in [0.1, 0.15) is 0 Å².